The van der Waals surface area contributed by atoms with Gasteiger partial charge in [0, 0.05) is 12.8 Å². The van der Waals surface area contributed by atoms with Crippen LogP contribution in [0.4, 0.5) is 0 Å². The largest absolute Gasteiger partial charge is 0.459 e. The van der Waals surface area contributed by atoms with Gasteiger partial charge in [0.15, 0.2) is 5.76 Å². The molecule has 0 fully saturated rings. The fourth-order valence-corrected chi connectivity index (χ4v) is 0.965. The third-order valence-corrected chi connectivity index (χ3v) is 1.80. The summed E-state index contributed by atoms with van der Waals surface area (Å²) in [6, 6.07) is 2.99. The number of carbonyl (C=O) groups excluding carboxylic acids is 3. The van der Waals surface area contributed by atoms with Crippen molar-refractivity contribution in [1.82, 2.24) is 10.9 Å². The van der Waals surface area contributed by atoms with Gasteiger partial charge in [-0.1, -0.05) is 0 Å². The second kappa shape index (κ2) is 5.92. The van der Waals surface area contributed by atoms with Gasteiger partial charge in [-0.05, 0) is 23.7 Å². The van der Waals surface area contributed by atoms with Crippen molar-refractivity contribution in [2.24, 2.45) is 0 Å². The lowest BCUT2D eigenvalue weighted by Crippen LogP contribution is -2.41. The summed E-state index contributed by atoms with van der Waals surface area (Å²) >= 11 is 5.04. The van der Waals surface area contributed by atoms with Crippen LogP contribution in [0.15, 0.2) is 22.8 Å². The standard InChI is InChI=1S/C9H9ClN2O4/c10-7(13)3-4-8(14)11-12-9(15)6-2-1-5-16-6/h1-2,5H,3-4H2,(H,11,14)(H,12,15). The van der Waals surface area contributed by atoms with E-state index in [0.717, 1.165) is 0 Å². The monoisotopic (exact) mass is 244 g/mol. The van der Waals surface area contributed by atoms with E-state index in [1.54, 1.807) is 6.07 Å². The summed E-state index contributed by atoms with van der Waals surface area (Å²) in [5.74, 6) is -1.00. The Labute approximate surface area is 95.9 Å². The first-order valence-electron chi connectivity index (χ1n) is 4.40. The van der Waals surface area contributed by atoms with Gasteiger partial charge >= 0.3 is 5.91 Å². The Morgan fingerprint density at radius 2 is 2.00 bits per heavy atom. The molecule has 1 heterocycles. The molecule has 2 amide bonds. The minimum absolute atomic E-state index is 0.0775. The van der Waals surface area contributed by atoms with E-state index in [9.17, 15) is 14.4 Å². The first-order valence-corrected chi connectivity index (χ1v) is 4.78. The van der Waals surface area contributed by atoms with E-state index in [2.05, 4.69) is 10.9 Å². The Hall–Kier alpha value is -1.82. The van der Waals surface area contributed by atoms with Crippen LogP contribution in [0.3, 0.4) is 0 Å². The van der Waals surface area contributed by atoms with E-state index in [-0.39, 0.29) is 18.6 Å². The molecule has 1 aromatic heterocycles. The number of carbonyl (C=O) groups is 3. The van der Waals surface area contributed by atoms with Crippen LogP contribution in [-0.2, 0) is 9.59 Å². The Kier molecular flexibility index (Phi) is 4.53. The van der Waals surface area contributed by atoms with Crippen LogP contribution in [0.1, 0.15) is 23.4 Å². The third kappa shape index (κ3) is 4.14. The molecule has 0 aliphatic rings. The maximum Gasteiger partial charge on any atom is 0.305 e. The van der Waals surface area contributed by atoms with Crippen molar-refractivity contribution in [2.75, 3.05) is 0 Å². The van der Waals surface area contributed by atoms with Crippen molar-refractivity contribution >= 4 is 28.7 Å². The average Bonchev–Trinajstić information content (AvgIpc) is 2.76. The van der Waals surface area contributed by atoms with E-state index in [1.165, 1.54) is 12.3 Å². The summed E-state index contributed by atoms with van der Waals surface area (Å²) in [4.78, 5) is 32.6. The summed E-state index contributed by atoms with van der Waals surface area (Å²) in [5, 5.41) is -0.604. The lowest BCUT2D eigenvalue weighted by molar-refractivity contribution is -0.123. The summed E-state index contributed by atoms with van der Waals surface area (Å²) in [7, 11) is 0. The maximum absolute atomic E-state index is 11.2. The molecule has 16 heavy (non-hydrogen) atoms. The normalized spacial score (nSPS) is 9.56. The highest BCUT2D eigenvalue weighted by atomic mass is 35.5. The van der Waals surface area contributed by atoms with Crippen LogP contribution in [0.2, 0.25) is 0 Å². The summed E-state index contributed by atoms with van der Waals surface area (Å²) in [5.41, 5.74) is 4.24. The first kappa shape index (κ1) is 12.3. The zero-order chi connectivity index (χ0) is 12.0. The Balaban J connectivity index is 2.27. The van der Waals surface area contributed by atoms with E-state index in [0.29, 0.717) is 0 Å². The number of halogens is 1. The molecular formula is C9H9ClN2O4. The molecule has 0 aromatic carbocycles. The molecule has 86 valence electrons. The third-order valence-electron chi connectivity index (χ3n) is 1.61. The van der Waals surface area contributed by atoms with Crippen LogP contribution < -0.4 is 10.9 Å². The van der Waals surface area contributed by atoms with Gasteiger partial charge in [0.25, 0.3) is 0 Å². The zero-order valence-corrected chi connectivity index (χ0v) is 8.91. The summed E-state index contributed by atoms with van der Waals surface area (Å²) in [6.07, 6.45) is 1.17. The number of amides is 2. The van der Waals surface area contributed by atoms with Gasteiger partial charge in [0.1, 0.15) is 0 Å². The fourth-order valence-electron chi connectivity index (χ4n) is 0.870. The van der Waals surface area contributed by atoms with Crippen molar-refractivity contribution in [3.63, 3.8) is 0 Å². The van der Waals surface area contributed by atoms with Crippen LogP contribution in [0.5, 0.6) is 0 Å². The Morgan fingerprint density at radius 3 is 2.56 bits per heavy atom. The van der Waals surface area contributed by atoms with E-state index >= 15 is 0 Å². The molecule has 7 heteroatoms. The van der Waals surface area contributed by atoms with Crippen LogP contribution in [0.25, 0.3) is 0 Å². The average molecular weight is 245 g/mol. The number of furan rings is 1. The van der Waals surface area contributed by atoms with Crippen molar-refractivity contribution in [1.29, 1.82) is 0 Å². The predicted molar refractivity (Wildman–Crippen MR) is 54.4 cm³/mol. The van der Waals surface area contributed by atoms with Crippen molar-refractivity contribution in [2.45, 2.75) is 12.8 Å². The van der Waals surface area contributed by atoms with Gasteiger partial charge in [0.2, 0.25) is 11.1 Å². The molecule has 0 spiro atoms. The smallest absolute Gasteiger partial charge is 0.305 e. The topological polar surface area (TPSA) is 88.4 Å². The van der Waals surface area contributed by atoms with Gasteiger partial charge in [0.05, 0.1) is 6.26 Å². The minimum Gasteiger partial charge on any atom is -0.459 e. The second-order valence-corrected chi connectivity index (χ2v) is 3.26. The molecule has 0 unspecified atom stereocenters. The quantitative estimate of drug-likeness (QED) is 0.599. The van der Waals surface area contributed by atoms with Crippen LogP contribution in [0, 0.1) is 0 Å². The van der Waals surface area contributed by atoms with Gasteiger partial charge in [-0.15, -0.1) is 0 Å². The molecule has 0 saturated carbocycles. The first-order chi connectivity index (χ1) is 7.59. The van der Waals surface area contributed by atoms with Crippen molar-refractivity contribution < 1.29 is 18.8 Å². The second-order valence-electron chi connectivity index (χ2n) is 2.83. The Bertz CT molecular complexity index is 388. The highest BCUT2D eigenvalue weighted by molar-refractivity contribution is 6.63. The van der Waals surface area contributed by atoms with E-state index in [1.807, 2.05) is 0 Å². The molecule has 1 rings (SSSR count). The predicted octanol–water partition coefficient (Wildman–Crippen LogP) is 0.586. The lowest BCUT2D eigenvalue weighted by Gasteiger charge is -2.04. The van der Waals surface area contributed by atoms with Crippen LogP contribution in [-0.4, -0.2) is 17.1 Å². The molecule has 0 aliphatic heterocycles. The summed E-state index contributed by atoms with van der Waals surface area (Å²) < 4.78 is 4.79. The number of rotatable bonds is 4. The molecule has 0 radical (unpaired) electrons. The van der Waals surface area contributed by atoms with Crippen LogP contribution >= 0.6 is 11.6 Å². The fraction of sp³-hybridized carbons (Fsp3) is 0.222. The van der Waals surface area contributed by atoms with Crippen molar-refractivity contribution in [3.8, 4) is 0 Å². The van der Waals surface area contributed by atoms with E-state index in [4.69, 9.17) is 16.0 Å². The number of hydrogen-bond donors (Lipinski definition) is 2. The SMILES string of the molecule is O=C(Cl)CCC(=O)NNC(=O)c1ccco1. The van der Waals surface area contributed by atoms with Crippen molar-refractivity contribution in [3.05, 3.63) is 24.2 Å². The maximum atomic E-state index is 11.2. The molecule has 6 nitrogen and oxygen atoms in total. The zero-order valence-electron chi connectivity index (χ0n) is 8.16. The van der Waals surface area contributed by atoms with E-state index < -0.39 is 17.1 Å². The number of hydrogen-bond acceptors (Lipinski definition) is 4. The van der Waals surface area contributed by atoms with Gasteiger partial charge < -0.3 is 4.42 Å². The molecule has 0 atom stereocenters. The minimum atomic E-state index is -0.604. The van der Waals surface area contributed by atoms with Gasteiger partial charge in [-0.2, -0.15) is 0 Å². The highest BCUT2D eigenvalue weighted by Gasteiger charge is 2.09. The number of nitrogens with one attached hydrogen (secondary N) is 2. The molecule has 0 saturated heterocycles. The summed E-state index contributed by atoms with van der Waals surface area (Å²) in [6.45, 7) is 0. The molecule has 0 aliphatic carbocycles. The van der Waals surface area contributed by atoms with Gasteiger partial charge in [-0.25, -0.2) is 0 Å². The molecule has 0 bridgehead atoms. The molecular weight excluding hydrogens is 236 g/mol. The highest BCUT2D eigenvalue weighted by Crippen LogP contribution is 1.98. The van der Waals surface area contributed by atoms with Gasteiger partial charge in [-0.3, -0.25) is 25.2 Å². The lowest BCUT2D eigenvalue weighted by atomic mass is 10.3. The molecule has 1 aromatic rings. The molecule has 2 N–H and O–H groups in total. The number of hydrazine groups is 1. The Morgan fingerprint density at radius 1 is 1.25 bits per heavy atom.